The number of ether oxygens (including phenoxy) is 4. The van der Waals surface area contributed by atoms with Crippen LogP contribution in [0.2, 0.25) is 0 Å². The van der Waals surface area contributed by atoms with Gasteiger partial charge in [0.15, 0.2) is 23.0 Å². The molecular weight excluding hydrogens is 714 g/mol. The lowest BCUT2D eigenvalue weighted by atomic mass is 9.72. The summed E-state index contributed by atoms with van der Waals surface area (Å²) >= 11 is 0. The van der Waals surface area contributed by atoms with Crippen LogP contribution in [0.4, 0.5) is 0 Å². The Morgan fingerprint density at radius 3 is 1.54 bits per heavy atom. The summed E-state index contributed by atoms with van der Waals surface area (Å²) in [4.78, 5) is 0. The molecule has 0 saturated carbocycles. The van der Waals surface area contributed by atoms with E-state index in [1.54, 1.807) is 0 Å². The number of rotatable bonds is 14. The van der Waals surface area contributed by atoms with Gasteiger partial charge in [0.2, 0.25) is 0 Å². The largest absolute Gasteiger partial charge is 0.494 e. The van der Waals surface area contributed by atoms with E-state index in [1.165, 1.54) is 0 Å². The molecule has 5 atom stereocenters. The van der Waals surface area contributed by atoms with Crippen LogP contribution in [0.15, 0.2) is 60.7 Å². The Morgan fingerprint density at radius 2 is 1.02 bits per heavy atom. The second-order valence-corrected chi connectivity index (χ2v) is 16.7. The number of hydrogen-bond acceptors (Lipinski definition) is 8. The van der Waals surface area contributed by atoms with Crippen molar-refractivity contribution in [1.82, 2.24) is 0 Å². The van der Waals surface area contributed by atoms with Crippen LogP contribution in [0.3, 0.4) is 0 Å². The Balaban J connectivity index is 1.44. The Labute approximate surface area is 340 Å². The van der Waals surface area contributed by atoms with Gasteiger partial charge in [-0.3, -0.25) is 0 Å². The van der Waals surface area contributed by atoms with E-state index in [4.69, 9.17) is 37.6 Å². The number of hydrogen-bond donors (Lipinski definition) is 0. The summed E-state index contributed by atoms with van der Waals surface area (Å²) in [5.74, 6) is 4.18. The highest BCUT2D eigenvalue weighted by molar-refractivity contribution is 6.62. The van der Waals surface area contributed by atoms with E-state index < -0.39 is 14.2 Å². The molecule has 8 nitrogen and oxygen atoms in total. The zero-order valence-electron chi connectivity index (χ0n) is 34.9. The molecule has 4 aromatic carbocycles. The smallest absolute Gasteiger partial charge is 0.489 e. The Morgan fingerprint density at radius 1 is 0.544 bits per heavy atom. The molecule has 0 aromatic heterocycles. The molecule has 10 heteroatoms. The van der Waals surface area contributed by atoms with Gasteiger partial charge in [0, 0.05) is 5.92 Å². The Kier molecular flexibility index (Phi) is 12.2. The quantitative estimate of drug-likeness (QED) is 0.104. The van der Waals surface area contributed by atoms with Crippen LogP contribution in [0, 0.1) is 23.7 Å². The molecule has 4 aromatic rings. The molecule has 0 amide bonds. The predicted molar refractivity (Wildman–Crippen MR) is 229 cm³/mol. The first kappa shape index (κ1) is 39.9. The zero-order valence-corrected chi connectivity index (χ0v) is 34.9. The molecule has 0 radical (unpaired) electrons. The topological polar surface area (TPSA) is 73.8 Å². The van der Waals surface area contributed by atoms with E-state index in [2.05, 4.69) is 109 Å². The lowest BCUT2D eigenvalue weighted by Crippen LogP contribution is -2.35. The lowest BCUT2D eigenvalue weighted by molar-refractivity contribution is 0.106. The van der Waals surface area contributed by atoms with Crippen molar-refractivity contribution < 1.29 is 37.6 Å². The van der Waals surface area contributed by atoms with Crippen LogP contribution in [0.25, 0.3) is 44.5 Å². The number of benzene rings is 4. The minimum atomic E-state index is -0.496. The summed E-state index contributed by atoms with van der Waals surface area (Å²) in [7, 11) is -0.924. The summed E-state index contributed by atoms with van der Waals surface area (Å²) in [5.41, 5.74) is 10.4. The molecule has 0 N–H and O–H groups in total. The molecule has 7 aliphatic rings. The molecule has 57 heavy (non-hydrogen) atoms. The van der Waals surface area contributed by atoms with Crippen LogP contribution in [0.5, 0.6) is 23.0 Å². The highest BCUT2D eigenvalue weighted by Crippen LogP contribution is 2.53. The van der Waals surface area contributed by atoms with Crippen molar-refractivity contribution in [3.05, 3.63) is 60.7 Å². The molecule has 6 heterocycles. The van der Waals surface area contributed by atoms with Crippen molar-refractivity contribution in [3.8, 4) is 67.5 Å². The van der Waals surface area contributed by atoms with Crippen LogP contribution in [-0.2, 0) is 18.6 Å². The fraction of sp³-hybridized carbons (Fsp3) is 0.489. The first-order valence-electron chi connectivity index (χ1n) is 21.4. The van der Waals surface area contributed by atoms with Gasteiger partial charge in [-0.25, -0.2) is 0 Å². The first-order chi connectivity index (χ1) is 27.8. The molecule has 8 bridgehead atoms. The van der Waals surface area contributed by atoms with E-state index in [-0.39, 0.29) is 12.0 Å². The standard InChI is InChI=1S/C47H58B2O8/c1-8-29(5)24-50-43-20-39-38-19-34-13-15-36(38)35-14-12-33(48-54-16-17-55-48)18-37(35)40-21-46(53-27-32(11-4)47-28-56-49(34)57-47)45(52-26-31(7)10-3)23-42(40)41(39)22-44(43)51-25-30(6)9-2/h12-15,18-23,29-32,47H,8-11,16-17,24-28H2,1-7H3/t29?,30-,31?,32?,47?/m0/s1. The van der Waals surface area contributed by atoms with E-state index in [9.17, 15) is 0 Å². The predicted octanol–water partition coefficient (Wildman–Crippen LogP) is 9.21. The van der Waals surface area contributed by atoms with Gasteiger partial charge in [-0.05, 0) is 104 Å². The summed E-state index contributed by atoms with van der Waals surface area (Å²) in [6.07, 6.45) is 3.83. The molecule has 2 saturated heterocycles. The van der Waals surface area contributed by atoms with Gasteiger partial charge in [0.1, 0.15) is 0 Å². The monoisotopic (exact) mass is 772 g/mol. The first-order valence-corrected chi connectivity index (χ1v) is 21.4. The van der Waals surface area contributed by atoms with Gasteiger partial charge in [0.25, 0.3) is 0 Å². The molecule has 11 rings (SSSR count). The van der Waals surface area contributed by atoms with Crippen molar-refractivity contribution in [2.24, 2.45) is 23.7 Å². The van der Waals surface area contributed by atoms with E-state index in [1.807, 2.05) is 0 Å². The van der Waals surface area contributed by atoms with Crippen LogP contribution in [-0.4, -0.2) is 66.6 Å². The van der Waals surface area contributed by atoms with Crippen molar-refractivity contribution >= 4 is 25.2 Å². The molecule has 4 unspecified atom stereocenters. The van der Waals surface area contributed by atoms with Gasteiger partial charge in [-0.2, -0.15) is 0 Å². The van der Waals surface area contributed by atoms with Crippen LogP contribution >= 0.6 is 0 Å². The van der Waals surface area contributed by atoms with E-state index in [0.29, 0.717) is 69.8 Å². The SMILES string of the molecule is CCC(C)COc1cc2c3cc1OCC(CC)C1COB(O1)c1ccc(c(c1)-c1cc(OCC(C)CC)c(OC[C@@H](C)CC)cc1-2)-c1ccc(B2OCCO2)cc1-3. The Hall–Kier alpha value is -3.95. The van der Waals surface area contributed by atoms with Gasteiger partial charge in [-0.1, -0.05) is 104 Å². The average molecular weight is 773 g/mol. The maximum Gasteiger partial charge on any atom is 0.494 e. The molecule has 0 spiro atoms. The highest BCUT2D eigenvalue weighted by Gasteiger charge is 2.39. The van der Waals surface area contributed by atoms with Crippen molar-refractivity contribution in [3.63, 3.8) is 0 Å². The second kappa shape index (κ2) is 17.5. The van der Waals surface area contributed by atoms with Crippen LogP contribution < -0.4 is 29.9 Å². The van der Waals surface area contributed by atoms with Gasteiger partial charge in [0.05, 0.1) is 52.4 Å². The van der Waals surface area contributed by atoms with E-state index >= 15 is 0 Å². The van der Waals surface area contributed by atoms with Crippen LogP contribution in [0.1, 0.15) is 74.1 Å². The van der Waals surface area contributed by atoms with Gasteiger partial charge in [-0.15, -0.1) is 0 Å². The lowest BCUT2D eigenvalue weighted by Gasteiger charge is -2.28. The minimum absolute atomic E-state index is 0.106. The number of fused-ring (bicyclic) bond motifs is 2. The third-order valence-corrected chi connectivity index (χ3v) is 12.5. The Bertz CT molecular complexity index is 2050. The zero-order chi connectivity index (χ0) is 39.6. The summed E-state index contributed by atoms with van der Waals surface area (Å²) < 4.78 is 52.3. The highest BCUT2D eigenvalue weighted by atomic mass is 16.6. The summed E-state index contributed by atoms with van der Waals surface area (Å²) in [6, 6.07) is 22.0. The van der Waals surface area contributed by atoms with Crippen molar-refractivity contribution in [2.45, 2.75) is 80.3 Å². The maximum atomic E-state index is 6.88. The maximum absolute atomic E-state index is 6.88. The van der Waals surface area contributed by atoms with Crippen molar-refractivity contribution in [2.75, 3.05) is 46.2 Å². The van der Waals surface area contributed by atoms with Crippen molar-refractivity contribution in [1.29, 1.82) is 0 Å². The normalized spacial score (nSPS) is 19.6. The fourth-order valence-electron chi connectivity index (χ4n) is 7.92. The molecule has 2 fully saturated rings. The summed E-state index contributed by atoms with van der Waals surface area (Å²) in [5, 5.41) is 0. The molecule has 1 aliphatic carbocycles. The second-order valence-electron chi connectivity index (χ2n) is 16.7. The van der Waals surface area contributed by atoms with Gasteiger partial charge < -0.3 is 37.6 Å². The van der Waals surface area contributed by atoms with Gasteiger partial charge >= 0.3 is 14.2 Å². The molecular formula is C47H58B2O8. The fourth-order valence-corrected chi connectivity index (χ4v) is 7.92. The molecule has 6 aliphatic heterocycles. The van der Waals surface area contributed by atoms with E-state index in [0.717, 1.165) is 98.4 Å². The minimum Gasteiger partial charge on any atom is -0.489 e. The third kappa shape index (κ3) is 8.21. The third-order valence-electron chi connectivity index (χ3n) is 12.5. The average Bonchev–Trinajstić information content (AvgIpc) is 3.97. The molecule has 300 valence electrons. The summed E-state index contributed by atoms with van der Waals surface area (Å²) in [6.45, 7) is 19.3.